The van der Waals surface area contributed by atoms with Crippen LogP contribution in [0.15, 0.2) is 0 Å². The number of likely N-dealkylation sites (tertiary alicyclic amines) is 2. The molecule has 0 aromatic heterocycles. The molecule has 0 saturated carbocycles. The van der Waals surface area contributed by atoms with E-state index < -0.39 is 0 Å². The fourth-order valence-electron chi connectivity index (χ4n) is 3.52. The molecule has 2 fully saturated rings. The average molecular weight is 268 g/mol. The van der Waals surface area contributed by atoms with Crippen LogP contribution in [0.5, 0.6) is 0 Å². The molecule has 0 bridgehead atoms. The van der Waals surface area contributed by atoms with Crippen LogP contribution in [-0.2, 0) is 0 Å². The molecule has 2 aliphatic heterocycles. The monoisotopic (exact) mass is 268 g/mol. The molecule has 2 aliphatic rings. The van der Waals surface area contributed by atoms with E-state index >= 15 is 0 Å². The molecule has 0 aliphatic carbocycles. The number of unbranched alkanes of at least 4 members (excludes halogenated alkanes) is 3. The van der Waals surface area contributed by atoms with Gasteiger partial charge in [0, 0.05) is 13.2 Å². The number of piperidine rings is 1. The summed E-state index contributed by atoms with van der Waals surface area (Å²) in [6.07, 6.45) is 10.4. The van der Waals surface area contributed by atoms with Crippen LogP contribution >= 0.6 is 0 Å². The zero-order valence-electron chi connectivity index (χ0n) is 12.5. The number of hydrogen-bond acceptors (Lipinski definition) is 3. The largest absolute Gasteiger partial charge is 0.396 e. The van der Waals surface area contributed by atoms with Gasteiger partial charge in [-0.05, 0) is 77.2 Å². The van der Waals surface area contributed by atoms with E-state index in [0.717, 1.165) is 12.3 Å². The van der Waals surface area contributed by atoms with Crippen molar-refractivity contribution < 1.29 is 5.11 Å². The molecule has 3 heteroatoms. The normalized spacial score (nSPS) is 23.2. The predicted molar refractivity (Wildman–Crippen MR) is 80.4 cm³/mol. The minimum atomic E-state index is 0.363. The van der Waals surface area contributed by atoms with Gasteiger partial charge in [-0.15, -0.1) is 0 Å². The maximum atomic E-state index is 8.75. The quantitative estimate of drug-likeness (QED) is 0.685. The summed E-state index contributed by atoms with van der Waals surface area (Å²) in [4.78, 5) is 5.33. The summed E-state index contributed by atoms with van der Waals surface area (Å²) in [6.45, 7) is 8.35. The Morgan fingerprint density at radius 2 is 1.47 bits per heavy atom. The molecule has 3 nitrogen and oxygen atoms in total. The van der Waals surface area contributed by atoms with Crippen LogP contribution in [0.25, 0.3) is 0 Å². The Kier molecular flexibility index (Phi) is 7.18. The lowest BCUT2D eigenvalue weighted by Crippen LogP contribution is -2.38. The lowest BCUT2D eigenvalue weighted by molar-refractivity contribution is 0.152. The van der Waals surface area contributed by atoms with Crippen molar-refractivity contribution in [3.05, 3.63) is 0 Å². The van der Waals surface area contributed by atoms with E-state index in [1.165, 1.54) is 84.2 Å². The van der Waals surface area contributed by atoms with E-state index in [1.807, 2.05) is 0 Å². The lowest BCUT2D eigenvalue weighted by Gasteiger charge is -2.33. The van der Waals surface area contributed by atoms with Crippen LogP contribution in [0, 0.1) is 5.92 Å². The maximum absolute atomic E-state index is 8.75. The van der Waals surface area contributed by atoms with Gasteiger partial charge in [-0.25, -0.2) is 0 Å². The van der Waals surface area contributed by atoms with Crippen LogP contribution in [-0.4, -0.2) is 60.8 Å². The highest BCUT2D eigenvalue weighted by molar-refractivity contribution is 4.77. The SMILES string of the molecule is OCCCCCCN1CCC(CN2CCCC2)CC1. The van der Waals surface area contributed by atoms with Crippen LogP contribution < -0.4 is 0 Å². The summed E-state index contributed by atoms with van der Waals surface area (Å²) < 4.78 is 0. The van der Waals surface area contributed by atoms with Crippen LogP contribution in [0.4, 0.5) is 0 Å². The Morgan fingerprint density at radius 1 is 0.789 bits per heavy atom. The molecular formula is C16H32N2O. The molecule has 2 saturated heterocycles. The molecular weight excluding hydrogens is 236 g/mol. The van der Waals surface area contributed by atoms with Gasteiger partial charge in [0.25, 0.3) is 0 Å². The zero-order chi connectivity index (χ0) is 13.3. The van der Waals surface area contributed by atoms with Gasteiger partial charge in [0.15, 0.2) is 0 Å². The maximum Gasteiger partial charge on any atom is 0.0431 e. The molecule has 0 atom stereocenters. The highest BCUT2D eigenvalue weighted by atomic mass is 16.2. The Hall–Kier alpha value is -0.120. The van der Waals surface area contributed by atoms with Crippen LogP contribution in [0.3, 0.4) is 0 Å². The summed E-state index contributed by atoms with van der Waals surface area (Å²) in [5, 5.41) is 8.75. The summed E-state index contributed by atoms with van der Waals surface area (Å²) in [6, 6.07) is 0. The van der Waals surface area contributed by atoms with Crippen molar-refractivity contribution in [2.45, 2.75) is 51.4 Å². The molecule has 0 radical (unpaired) electrons. The van der Waals surface area contributed by atoms with E-state index in [-0.39, 0.29) is 0 Å². The van der Waals surface area contributed by atoms with Gasteiger partial charge in [-0.1, -0.05) is 12.8 Å². The van der Waals surface area contributed by atoms with Crippen molar-refractivity contribution in [3.8, 4) is 0 Å². The first kappa shape index (κ1) is 15.3. The van der Waals surface area contributed by atoms with Gasteiger partial charge in [-0.3, -0.25) is 0 Å². The molecule has 0 unspecified atom stereocenters. The average Bonchev–Trinajstić information content (AvgIpc) is 2.93. The molecule has 0 aromatic rings. The molecule has 2 rings (SSSR count). The number of aliphatic hydroxyl groups excluding tert-OH is 1. The predicted octanol–water partition coefficient (Wildman–Crippen LogP) is 2.35. The van der Waals surface area contributed by atoms with Gasteiger partial charge in [-0.2, -0.15) is 0 Å². The highest BCUT2D eigenvalue weighted by Gasteiger charge is 2.22. The van der Waals surface area contributed by atoms with Gasteiger partial charge < -0.3 is 14.9 Å². The van der Waals surface area contributed by atoms with Crippen molar-refractivity contribution in [3.63, 3.8) is 0 Å². The lowest BCUT2D eigenvalue weighted by atomic mass is 9.96. The van der Waals surface area contributed by atoms with Crippen molar-refractivity contribution in [1.29, 1.82) is 0 Å². The van der Waals surface area contributed by atoms with Crippen molar-refractivity contribution in [2.75, 3.05) is 45.9 Å². The Morgan fingerprint density at radius 3 is 2.16 bits per heavy atom. The van der Waals surface area contributed by atoms with E-state index in [2.05, 4.69) is 9.80 Å². The summed E-state index contributed by atoms with van der Waals surface area (Å²) in [5.74, 6) is 0.962. The van der Waals surface area contributed by atoms with Crippen LogP contribution in [0.1, 0.15) is 51.4 Å². The van der Waals surface area contributed by atoms with Gasteiger partial charge in [0.2, 0.25) is 0 Å². The van der Waals surface area contributed by atoms with Crippen molar-refractivity contribution in [2.24, 2.45) is 5.92 Å². The third-order valence-electron chi connectivity index (χ3n) is 4.80. The standard InChI is InChI=1S/C16H32N2O/c19-14-6-2-1-3-9-17-12-7-16(8-13-17)15-18-10-4-5-11-18/h16,19H,1-15H2. The van der Waals surface area contributed by atoms with Gasteiger partial charge in [0.05, 0.1) is 0 Å². The minimum Gasteiger partial charge on any atom is -0.396 e. The number of hydrogen-bond donors (Lipinski definition) is 1. The second kappa shape index (κ2) is 8.93. The van der Waals surface area contributed by atoms with Crippen molar-refractivity contribution in [1.82, 2.24) is 9.80 Å². The van der Waals surface area contributed by atoms with Crippen LogP contribution in [0.2, 0.25) is 0 Å². The number of aliphatic hydroxyl groups is 1. The summed E-state index contributed by atoms with van der Waals surface area (Å²) in [5.41, 5.74) is 0. The first-order valence-corrected chi connectivity index (χ1v) is 8.44. The first-order valence-electron chi connectivity index (χ1n) is 8.44. The Bertz CT molecular complexity index is 221. The topological polar surface area (TPSA) is 26.7 Å². The Labute approximate surface area is 119 Å². The summed E-state index contributed by atoms with van der Waals surface area (Å²) >= 11 is 0. The molecule has 0 spiro atoms. The smallest absolute Gasteiger partial charge is 0.0431 e. The van der Waals surface area contributed by atoms with Gasteiger partial charge >= 0.3 is 0 Å². The van der Waals surface area contributed by atoms with E-state index in [0.29, 0.717) is 6.61 Å². The zero-order valence-corrected chi connectivity index (χ0v) is 12.5. The first-order chi connectivity index (χ1) is 9.38. The van der Waals surface area contributed by atoms with E-state index in [9.17, 15) is 0 Å². The third-order valence-corrected chi connectivity index (χ3v) is 4.80. The molecule has 0 amide bonds. The molecule has 112 valence electrons. The molecule has 0 aromatic carbocycles. The molecule has 1 N–H and O–H groups in total. The van der Waals surface area contributed by atoms with Gasteiger partial charge in [0.1, 0.15) is 0 Å². The minimum absolute atomic E-state index is 0.363. The molecule has 19 heavy (non-hydrogen) atoms. The fraction of sp³-hybridized carbons (Fsp3) is 1.00. The van der Waals surface area contributed by atoms with E-state index in [1.54, 1.807) is 0 Å². The second-order valence-electron chi connectivity index (χ2n) is 6.43. The third kappa shape index (κ3) is 5.80. The summed E-state index contributed by atoms with van der Waals surface area (Å²) in [7, 11) is 0. The Balaban J connectivity index is 1.50. The highest BCUT2D eigenvalue weighted by Crippen LogP contribution is 2.20. The van der Waals surface area contributed by atoms with Crippen molar-refractivity contribution >= 4 is 0 Å². The second-order valence-corrected chi connectivity index (χ2v) is 6.43. The number of rotatable bonds is 8. The number of nitrogens with zero attached hydrogens (tertiary/aromatic N) is 2. The van der Waals surface area contributed by atoms with E-state index in [4.69, 9.17) is 5.11 Å². The fourth-order valence-corrected chi connectivity index (χ4v) is 3.52. The molecule has 2 heterocycles.